The molecular weight excluding hydrogens is 254 g/mol. The van der Waals surface area contributed by atoms with Crippen molar-refractivity contribution in [1.29, 1.82) is 0 Å². The van der Waals surface area contributed by atoms with Crippen LogP contribution in [-0.2, 0) is 17.8 Å². The maximum Gasteiger partial charge on any atom is 0.191 e. The molecule has 20 heavy (non-hydrogen) atoms. The Hall–Kier alpha value is -1.56. The highest BCUT2D eigenvalue weighted by Crippen LogP contribution is 2.14. The smallest absolute Gasteiger partial charge is 0.191 e. The van der Waals surface area contributed by atoms with Crippen LogP contribution >= 0.6 is 0 Å². The van der Waals surface area contributed by atoms with Gasteiger partial charge < -0.3 is 15.4 Å². The summed E-state index contributed by atoms with van der Waals surface area (Å²) in [7, 11) is 1.70. The second-order valence-corrected chi connectivity index (χ2v) is 4.59. The molecule has 0 radical (unpaired) electrons. The predicted octanol–water partition coefficient (Wildman–Crippen LogP) is 1.22. The summed E-state index contributed by atoms with van der Waals surface area (Å²) >= 11 is 0. The van der Waals surface area contributed by atoms with E-state index >= 15 is 0 Å². The molecule has 1 rings (SSSR count). The maximum absolute atomic E-state index is 5.10. The maximum atomic E-state index is 5.10. The van der Waals surface area contributed by atoms with Gasteiger partial charge in [0, 0.05) is 31.5 Å². The van der Waals surface area contributed by atoms with Gasteiger partial charge in [-0.15, -0.1) is 0 Å². The lowest BCUT2D eigenvalue weighted by molar-refractivity contribution is 0.182. The van der Waals surface area contributed by atoms with Crippen molar-refractivity contribution in [2.45, 2.75) is 40.8 Å². The molecule has 0 fully saturated rings. The van der Waals surface area contributed by atoms with Crippen LogP contribution in [0.15, 0.2) is 4.99 Å². The van der Waals surface area contributed by atoms with E-state index in [9.17, 15) is 0 Å². The number of hydrogen-bond donors (Lipinski definition) is 2. The highest BCUT2D eigenvalue weighted by Gasteiger charge is 2.11. The van der Waals surface area contributed by atoms with Crippen molar-refractivity contribution in [2.24, 2.45) is 4.99 Å². The SMILES string of the molecule is CCNC(=NCc1c(C)nn(CCOC)c1C)NCC. The Balaban J connectivity index is 2.80. The third-order valence-corrected chi connectivity index (χ3v) is 3.12. The Morgan fingerprint density at radius 2 is 1.90 bits per heavy atom. The monoisotopic (exact) mass is 281 g/mol. The van der Waals surface area contributed by atoms with E-state index in [-0.39, 0.29) is 0 Å². The molecule has 0 aromatic carbocycles. The fourth-order valence-corrected chi connectivity index (χ4v) is 2.03. The van der Waals surface area contributed by atoms with Crippen LogP contribution in [0.25, 0.3) is 0 Å². The first-order chi connectivity index (χ1) is 9.63. The van der Waals surface area contributed by atoms with Crippen LogP contribution in [-0.4, -0.2) is 42.5 Å². The molecule has 1 aromatic rings. The van der Waals surface area contributed by atoms with Crippen molar-refractivity contribution in [1.82, 2.24) is 20.4 Å². The number of ether oxygens (including phenoxy) is 1. The summed E-state index contributed by atoms with van der Waals surface area (Å²) in [4.78, 5) is 4.60. The third kappa shape index (κ3) is 4.52. The third-order valence-electron chi connectivity index (χ3n) is 3.12. The first-order valence-electron chi connectivity index (χ1n) is 7.18. The van der Waals surface area contributed by atoms with E-state index in [1.807, 2.05) is 11.6 Å². The zero-order valence-corrected chi connectivity index (χ0v) is 13.3. The average Bonchev–Trinajstić information content (AvgIpc) is 2.69. The fraction of sp³-hybridized carbons (Fsp3) is 0.714. The Morgan fingerprint density at radius 3 is 2.45 bits per heavy atom. The Bertz CT molecular complexity index is 431. The summed E-state index contributed by atoms with van der Waals surface area (Å²) in [5.74, 6) is 0.846. The summed E-state index contributed by atoms with van der Waals surface area (Å²) in [5, 5.41) is 11.0. The number of guanidine groups is 1. The number of methoxy groups -OCH3 is 1. The van der Waals surface area contributed by atoms with E-state index in [0.717, 1.165) is 37.0 Å². The Morgan fingerprint density at radius 1 is 1.25 bits per heavy atom. The van der Waals surface area contributed by atoms with Crippen molar-refractivity contribution in [2.75, 3.05) is 26.8 Å². The van der Waals surface area contributed by atoms with Crippen molar-refractivity contribution in [3.8, 4) is 0 Å². The van der Waals surface area contributed by atoms with Crippen LogP contribution in [0.2, 0.25) is 0 Å². The number of aliphatic imine (C=N–C) groups is 1. The Kier molecular flexibility index (Phi) is 7.08. The molecule has 0 aliphatic carbocycles. The van der Waals surface area contributed by atoms with Gasteiger partial charge in [-0.3, -0.25) is 4.68 Å². The molecule has 0 atom stereocenters. The molecule has 114 valence electrons. The summed E-state index contributed by atoms with van der Waals surface area (Å²) in [6.07, 6.45) is 0. The number of nitrogens with zero attached hydrogens (tertiary/aromatic N) is 3. The quantitative estimate of drug-likeness (QED) is 0.583. The summed E-state index contributed by atoms with van der Waals surface area (Å²) in [6, 6.07) is 0. The molecule has 0 aliphatic heterocycles. The second-order valence-electron chi connectivity index (χ2n) is 4.59. The van der Waals surface area contributed by atoms with E-state index in [4.69, 9.17) is 4.74 Å². The minimum Gasteiger partial charge on any atom is -0.383 e. The van der Waals surface area contributed by atoms with Gasteiger partial charge in [0.05, 0.1) is 25.4 Å². The van der Waals surface area contributed by atoms with Gasteiger partial charge in [-0.1, -0.05) is 0 Å². The molecule has 0 aliphatic rings. The topological polar surface area (TPSA) is 63.5 Å². The van der Waals surface area contributed by atoms with Crippen LogP contribution in [0.5, 0.6) is 0 Å². The minimum atomic E-state index is 0.639. The molecule has 1 aromatic heterocycles. The van der Waals surface area contributed by atoms with E-state index in [1.54, 1.807) is 7.11 Å². The summed E-state index contributed by atoms with van der Waals surface area (Å²) < 4.78 is 7.09. The minimum absolute atomic E-state index is 0.639. The van der Waals surface area contributed by atoms with Crippen LogP contribution in [0, 0.1) is 13.8 Å². The Labute approximate surface area is 121 Å². The number of aryl methyl sites for hydroxylation is 1. The van der Waals surface area contributed by atoms with Crippen molar-refractivity contribution < 1.29 is 4.74 Å². The number of rotatable bonds is 7. The zero-order chi connectivity index (χ0) is 15.0. The highest BCUT2D eigenvalue weighted by molar-refractivity contribution is 5.79. The largest absolute Gasteiger partial charge is 0.383 e. The first-order valence-corrected chi connectivity index (χ1v) is 7.18. The normalized spacial score (nSPS) is 10.4. The second kappa shape index (κ2) is 8.58. The van der Waals surface area contributed by atoms with Gasteiger partial charge in [-0.2, -0.15) is 5.10 Å². The highest BCUT2D eigenvalue weighted by atomic mass is 16.5. The van der Waals surface area contributed by atoms with E-state index < -0.39 is 0 Å². The average molecular weight is 281 g/mol. The molecule has 6 nitrogen and oxygen atoms in total. The van der Waals surface area contributed by atoms with Crippen LogP contribution in [0.3, 0.4) is 0 Å². The molecule has 1 heterocycles. The molecule has 0 unspecified atom stereocenters. The number of hydrogen-bond acceptors (Lipinski definition) is 3. The van der Waals surface area contributed by atoms with Crippen molar-refractivity contribution >= 4 is 5.96 Å². The van der Waals surface area contributed by atoms with Crippen molar-refractivity contribution in [3.05, 3.63) is 17.0 Å². The van der Waals surface area contributed by atoms with Gasteiger partial charge in [0.15, 0.2) is 5.96 Å². The van der Waals surface area contributed by atoms with E-state index in [2.05, 4.69) is 41.5 Å². The molecular formula is C14H27N5O. The molecule has 0 spiro atoms. The van der Waals surface area contributed by atoms with Crippen LogP contribution in [0.4, 0.5) is 0 Å². The number of aromatic nitrogens is 2. The van der Waals surface area contributed by atoms with Crippen LogP contribution < -0.4 is 10.6 Å². The molecule has 6 heteroatoms. The molecule has 0 amide bonds. The first kappa shape index (κ1) is 16.5. The molecule has 0 bridgehead atoms. The summed E-state index contributed by atoms with van der Waals surface area (Å²) in [6.45, 7) is 12.0. The number of nitrogens with one attached hydrogen (secondary N) is 2. The molecule has 0 saturated carbocycles. The molecule has 2 N–H and O–H groups in total. The molecule has 0 saturated heterocycles. The lowest BCUT2D eigenvalue weighted by atomic mass is 10.2. The van der Waals surface area contributed by atoms with Crippen molar-refractivity contribution in [3.63, 3.8) is 0 Å². The van der Waals surface area contributed by atoms with Gasteiger partial charge in [-0.25, -0.2) is 4.99 Å². The lowest BCUT2D eigenvalue weighted by Gasteiger charge is -2.09. The fourth-order valence-electron chi connectivity index (χ4n) is 2.03. The van der Waals surface area contributed by atoms with Gasteiger partial charge in [0.25, 0.3) is 0 Å². The van der Waals surface area contributed by atoms with E-state index in [1.165, 1.54) is 5.56 Å². The van der Waals surface area contributed by atoms with E-state index in [0.29, 0.717) is 13.2 Å². The van der Waals surface area contributed by atoms with Gasteiger partial charge in [0.2, 0.25) is 0 Å². The lowest BCUT2D eigenvalue weighted by Crippen LogP contribution is -2.37. The van der Waals surface area contributed by atoms with Gasteiger partial charge in [0.1, 0.15) is 0 Å². The predicted molar refractivity (Wildman–Crippen MR) is 82.1 cm³/mol. The summed E-state index contributed by atoms with van der Waals surface area (Å²) in [5.41, 5.74) is 3.39. The van der Waals surface area contributed by atoms with Gasteiger partial charge in [-0.05, 0) is 27.7 Å². The van der Waals surface area contributed by atoms with Gasteiger partial charge >= 0.3 is 0 Å². The standard InChI is InChI=1S/C14H27N5O/c1-6-15-14(16-7-2)17-10-13-11(3)18-19(12(13)4)8-9-20-5/h6-10H2,1-5H3,(H2,15,16,17). The van der Waals surface area contributed by atoms with Crippen LogP contribution in [0.1, 0.15) is 30.8 Å². The zero-order valence-electron chi connectivity index (χ0n) is 13.3.